The van der Waals surface area contributed by atoms with Gasteiger partial charge in [-0.25, -0.2) is 0 Å². The van der Waals surface area contributed by atoms with Crippen molar-refractivity contribution < 1.29 is 14.3 Å². The molecule has 3 atom stereocenters. The minimum Gasteiger partial charge on any atom is -0.493 e. The lowest BCUT2D eigenvalue weighted by Crippen LogP contribution is -2.44. The van der Waals surface area contributed by atoms with Crippen molar-refractivity contribution in [3.8, 4) is 5.75 Å². The Kier molecular flexibility index (Phi) is 6.33. The van der Waals surface area contributed by atoms with Gasteiger partial charge in [0.05, 0.1) is 25.9 Å². The lowest BCUT2D eigenvalue weighted by molar-refractivity contribution is -0.123. The van der Waals surface area contributed by atoms with Crippen LogP contribution in [0.25, 0.3) is 0 Å². The third kappa shape index (κ3) is 4.88. The van der Waals surface area contributed by atoms with Gasteiger partial charge in [-0.3, -0.25) is 4.79 Å². The third-order valence-electron chi connectivity index (χ3n) is 4.96. The summed E-state index contributed by atoms with van der Waals surface area (Å²) < 4.78 is 11.8. The lowest BCUT2D eigenvalue weighted by Gasteiger charge is -2.29. The number of carbonyl (C=O) groups excluding carboxylic acids is 1. The number of hydrogen-bond acceptors (Lipinski definition) is 6. The Labute approximate surface area is 154 Å². The van der Waals surface area contributed by atoms with Gasteiger partial charge in [-0.05, 0) is 37.0 Å². The van der Waals surface area contributed by atoms with Crippen LogP contribution < -0.4 is 21.2 Å². The van der Waals surface area contributed by atoms with Gasteiger partial charge in [0.2, 0.25) is 5.91 Å². The maximum atomic E-state index is 12.1. The molecule has 1 aromatic rings. The van der Waals surface area contributed by atoms with Crippen LogP contribution in [-0.4, -0.2) is 44.2 Å². The van der Waals surface area contributed by atoms with E-state index < -0.39 is 0 Å². The highest BCUT2D eigenvalue weighted by molar-refractivity contribution is 6.03. The van der Waals surface area contributed by atoms with Crippen LogP contribution in [0.5, 0.6) is 5.75 Å². The van der Waals surface area contributed by atoms with Crippen molar-refractivity contribution in [1.29, 1.82) is 0 Å². The fraction of sp³-hybridized carbons (Fsp3) is 0.579. The van der Waals surface area contributed by atoms with Crippen LogP contribution in [0.2, 0.25) is 0 Å². The second kappa shape index (κ2) is 8.89. The molecule has 7 nitrogen and oxygen atoms in total. The topological polar surface area (TPSA) is 98.0 Å². The zero-order chi connectivity index (χ0) is 18.4. The van der Waals surface area contributed by atoms with Crippen LogP contribution in [-0.2, 0) is 16.0 Å². The second-order valence-corrected chi connectivity index (χ2v) is 6.90. The molecule has 142 valence electrons. The molecule has 0 saturated carbocycles. The van der Waals surface area contributed by atoms with Crippen LogP contribution in [0.4, 0.5) is 0 Å². The Bertz CT molecular complexity index is 624. The molecule has 26 heavy (non-hydrogen) atoms. The normalized spacial score (nSPS) is 25.3. The molecule has 2 aliphatic heterocycles. The van der Waals surface area contributed by atoms with E-state index in [2.05, 4.69) is 34.9 Å². The summed E-state index contributed by atoms with van der Waals surface area (Å²) in [7, 11) is 0. The van der Waals surface area contributed by atoms with Gasteiger partial charge >= 0.3 is 0 Å². The number of amides is 1. The van der Waals surface area contributed by atoms with Crippen molar-refractivity contribution in [1.82, 2.24) is 10.7 Å². The van der Waals surface area contributed by atoms with E-state index in [1.165, 1.54) is 5.56 Å². The minimum absolute atomic E-state index is 0.0477. The highest BCUT2D eigenvalue weighted by Crippen LogP contribution is 2.21. The van der Waals surface area contributed by atoms with E-state index in [-0.39, 0.29) is 17.9 Å². The van der Waals surface area contributed by atoms with Crippen molar-refractivity contribution in [3.05, 3.63) is 29.8 Å². The molecule has 0 bridgehead atoms. The Morgan fingerprint density at radius 3 is 2.81 bits per heavy atom. The Morgan fingerprint density at radius 1 is 1.38 bits per heavy atom. The summed E-state index contributed by atoms with van der Waals surface area (Å²) in [6.07, 6.45) is 3.02. The smallest absolute Gasteiger partial charge is 0.232 e. The fourth-order valence-electron chi connectivity index (χ4n) is 3.16. The average molecular weight is 360 g/mol. The van der Waals surface area contributed by atoms with Crippen molar-refractivity contribution in [2.45, 2.75) is 32.3 Å². The number of hydrazone groups is 1. The highest BCUT2D eigenvalue weighted by atomic mass is 16.5. The summed E-state index contributed by atoms with van der Waals surface area (Å²) in [6, 6.07) is 8.24. The molecule has 0 radical (unpaired) electrons. The van der Waals surface area contributed by atoms with E-state index in [1.54, 1.807) is 0 Å². The fourth-order valence-corrected chi connectivity index (χ4v) is 3.16. The van der Waals surface area contributed by atoms with Gasteiger partial charge < -0.3 is 25.9 Å². The number of nitrogens with zero attached hydrogens (tertiary/aromatic N) is 1. The van der Waals surface area contributed by atoms with Gasteiger partial charge in [0.15, 0.2) is 0 Å². The van der Waals surface area contributed by atoms with E-state index in [4.69, 9.17) is 15.2 Å². The number of ether oxygens (including phenoxy) is 2. The molecule has 7 heteroatoms. The van der Waals surface area contributed by atoms with E-state index in [9.17, 15) is 4.79 Å². The number of rotatable bonds is 7. The van der Waals surface area contributed by atoms with Crippen LogP contribution in [0, 0.1) is 11.8 Å². The van der Waals surface area contributed by atoms with Crippen LogP contribution >= 0.6 is 0 Å². The first-order valence-electron chi connectivity index (χ1n) is 9.32. The maximum Gasteiger partial charge on any atom is 0.232 e. The molecule has 1 aromatic carbocycles. The Balaban J connectivity index is 1.33. The minimum atomic E-state index is -0.376. The van der Waals surface area contributed by atoms with Crippen LogP contribution in [0.15, 0.2) is 29.4 Å². The maximum absolute atomic E-state index is 12.1. The summed E-state index contributed by atoms with van der Waals surface area (Å²) in [6.45, 7) is 4.42. The van der Waals surface area contributed by atoms with E-state index in [1.807, 2.05) is 12.1 Å². The first kappa shape index (κ1) is 18.5. The second-order valence-electron chi connectivity index (χ2n) is 6.90. The molecule has 3 rings (SSSR count). The van der Waals surface area contributed by atoms with Crippen molar-refractivity contribution in [2.75, 3.05) is 26.3 Å². The monoisotopic (exact) mass is 360 g/mol. The summed E-state index contributed by atoms with van der Waals surface area (Å²) in [5.41, 5.74) is 9.73. The lowest BCUT2D eigenvalue weighted by atomic mass is 9.99. The SMILES string of the molecule is CCc1ccc(OC[C@@H]2CC[C@H](CNC(=O)C3CNN=C3N)OC2)cc1. The first-order valence-corrected chi connectivity index (χ1v) is 9.32. The quantitative estimate of drug-likeness (QED) is 0.675. The van der Waals surface area contributed by atoms with Gasteiger partial charge in [0, 0.05) is 12.5 Å². The molecule has 0 spiro atoms. The summed E-state index contributed by atoms with van der Waals surface area (Å²) in [5, 5.41) is 6.75. The van der Waals surface area contributed by atoms with Crippen molar-refractivity contribution in [3.63, 3.8) is 0 Å². The summed E-state index contributed by atoms with van der Waals surface area (Å²) in [4.78, 5) is 12.1. The molecule has 4 N–H and O–H groups in total. The van der Waals surface area contributed by atoms with E-state index in [0.29, 0.717) is 38.1 Å². The van der Waals surface area contributed by atoms with Crippen molar-refractivity contribution in [2.24, 2.45) is 22.7 Å². The van der Waals surface area contributed by atoms with Crippen LogP contribution in [0.3, 0.4) is 0 Å². The molecule has 2 heterocycles. The van der Waals surface area contributed by atoms with Gasteiger partial charge in [-0.2, -0.15) is 5.10 Å². The standard InChI is InChI=1S/C19H28N4O3/c1-2-13-3-6-15(7-4-13)25-11-14-5-8-16(26-12-14)9-21-19(24)17-10-22-23-18(17)20/h3-4,6-7,14,16-17,22H,2,5,8-12H2,1H3,(H2,20,23)(H,21,24)/t14-,16+,17?/m0/s1. The third-order valence-corrected chi connectivity index (χ3v) is 4.96. The Morgan fingerprint density at radius 2 is 2.19 bits per heavy atom. The first-order chi connectivity index (χ1) is 12.7. The molecular formula is C19H28N4O3. The molecule has 1 amide bonds. The van der Waals surface area contributed by atoms with E-state index >= 15 is 0 Å². The number of aryl methyl sites for hydroxylation is 1. The summed E-state index contributed by atoms with van der Waals surface area (Å²) >= 11 is 0. The number of nitrogens with one attached hydrogen (secondary N) is 2. The number of amidine groups is 1. The van der Waals surface area contributed by atoms with Gasteiger partial charge in [0.25, 0.3) is 0 Å². The average Bonchev–Trinajstić information content (AvgIpc) is 3.11. The summed E-state index contributed by atoms with van der Waals surface area (Å²) in [5.74, 6) is 1.16. The Hall–Kier alpha value is -2.28. The predicted octanol–water partition coefficient (Wildman–Crippen LogP) is 1.03. The number of hydrogen-bond donors (Lipinski definition) is 3. The van der Waals surface area contributed by atoms with E-state index in [0.717, 1.165) is 25.0 Å². The zero-order valence-corrected chi connectivity index (χ0v) is 15.2. The van der Waals surface area contributed by atoms with Gasteiger partial charge in [-0.1, -0.05) is 19.1 Å². The zero-order valence-electron chi connectivity index (χ0n) is 15.2. The number of benzene rings is 1. The molecule has 1 fully saturated rings. The molecule has 1 unspecified atom stereocenters. The predicted molar refractivity (Wildman–Crippen MR) is 99.9 cm³/mol. The van der Waals surface area contributed by atoms with Gasteiger partial charge in [-0.15, -0.1) is 0 Å². The highest BCUT2D eigenvalue weighted by Gasteiger charge is 2.28. The van der Waals surface area contributed by atoms with Crippen molar-refractivity contribution >= 4 is 11.7 Å². The number of nitrogens with two attached hydrogens (primary N) is 1. The molecular weight excluding hydrogens is 332 g/mol. The van der Waals surface area contributed by atoms with Crippen LogP contribution in [0.1, 0.15) is 25.3 Å². The largest absolute Gasteiger partial charge is 0.493 e. The molecule has 0 aliphatic carbocycles. The van der Waals surface area contributed by atoms with Gasteiger partial charge in [0.1, 0.15) is 17.5 Å². The number of carbonyl (C=O) groups is 1. The molecule has 1 saturated heterocycles. The molecule has 2 aliphatic rings. The molecule has 0 aromatic heterocycles.